The van der Waals surface area contributed by atoms with Crippen LogP contribution in [-0.4, -0.2) is 22.8 Å². The van der Waals surface area contributed by atoms with E-state index in [0.717, 1.165) is 30.8 Å². The lowest BCUT2D eigenvalue weighted by Gasteiger charge is -2.05. The van der Waals surface area contributed by atoms with E-state index in [9.17, 15) is 4.79 Å². The summed E-state index contributed by atoms with van der Waals surface area (Å²) in [6, 6.07) is 9.07. The first-order valence-corrected chi connectivity index (χ1v) is 7.27. The molecule has 1 heterocycles. The Morgan fingerprint density at radius 1 is 1.36 bits per heavy atom. The number of benzene rings is 1. The standard InChI is InChI=1S/C16H20N4O2/c1-3-4-9-22-14-7-5-13(6-8-14)11-17-20-16-18-12(2)10-15(21)19-16/h5-8,10-11H,3-4,9H2,1-2H3,(H2,18,19,20,21)/b17-11-. The molecule has 2 N–H and O–H groups in total. The second-order valence-electron chi connectivity index (χ2n) is 4.88. The number of hydrogen-bond donors (Lipinski definition) is 2. The van der Waals surface area contributed by atoms with Gasteiger partial charge in [0.2, 0.25) is 5.95 Å². The van der Waals surface area contributed by atoms with Crippen molar-refractivity contribution >= 4 is 12.2 Å². The van der Waals surface area contributed by atoms with Crippen LogP contribution in [0.5, 0.6) is 5.75 Å². The smallest absolute Gasteiger partial charge is 0.252 e. The highest BCUT2D eigenvalue weighted by atomic mass is 16.5. The summed E-state index contributed by atoms with van der Waals surface area (Å²) >= 11 is 0. The fourth-order valence-electron chi connectivity index (χ4n) is 1.78. The van der Waals surface area contributed by atoms with Gasteiger partial charge in [0.1, 0.15) is 5.75 Å². The Balaban J connectivity index is 1.91. The lowest BCUT2D eigenvalue weighted by atomic mass is 10.2. The van der Waals surface area contributed by atoms with Crippen molar-refractivity contribution in [3.05, 3.63) is 51.9 Å². The van der Waals surface area contributed by atoms with Gasteiger partial charge >= 0.3 is 0 Å². The average Bonchev–Trinajstić information content (AvgIpc) is 2.48. The van der Waals surface area contributed by atoms with E-state index in [1.54, 1.807) is 13.1 Å². The molecule has 0 radical (unpaired) electrons. The summed E-state index contributed by atoms with van der Waals surface area (Å²) in [5.41, 5.74) is 4.05. The number of hydrazone groups is 1. The highest BCUT2D eigenvalue weighted by molar-refractivity contribution is 5.80. The van der Waals surface area contributed by atoms with E-state index in [1.807, 2.05) is 24.3 Å². The highest BCUT2D eigenvalue weighted by Crippen LogP contribution is 2.11. The van der Waals surface area contributed by atoms with Crippen molar-refractivity contribution in [1.82, 2.24) is 9.97 Å². The van der Waals surface area contributed by atoms with Crippen LogP contribution in [0.3, 0.4) is 0 Å². The van der Waals surface area contributed by atoms with Gasteiger partial charge in [-0.3, -0.25) is 9.78 Å². The van der Waals surface area contributed by atoms with Gasteiger partial charge in [0.15, 0.2) is 0 Å². The number of ether oxygens (including phenoxy) is 1. The molecule has 0 aliphatic rings. The Kier molecular flexibility index (Phi) is 5.71. The van der Waals surface area contributed by atoms with E-state index in [-0.39, 0.29) is 5.56 Å². The molecule has 0 atom stereocenters. The van der Waals surface area contributed by atoms with E-state index >= 15 is 0 Å². The summed E-state index contributed by atoms with van der Waals surface area (Å²) in [7, 11) is 0. The van der Waals surface area contributed by atoms with Gasteiger partial charge in [-0.15, -0.1) is 0 Å². The minimum absolute atomic E-state index is 0.209. The Morgan fingerprint density at radius 2 is 2.14 bits per heavy atom. The van der Waals surface area contributed by atoms with E-state index in [2.05, 4.69) is 27.4 Å². The van der Waals surface area contributed by atoms with Crippen LogP contribution in [0.4, 0.5) is 5.95 Å². The Bertz CT molecular complexity index is 677. The van der Waals surface area contributed by atoms with E-state index in [4.69, 9.17) is 4.74 Å². The van der Waals surface area contributed by atoms with Crippen LogP contribution >= 0.6 is 0 Å². The predicted molar refractivity (Wildman–Crippen MR) is 87.7 cm³/mol. The van der Waals surface area contributed by atoms with Crippen molar-refractivity contribution in [2.75, 3.05) is 12.0 Å². The molecule has 1 aromatic carbocycles. The Hall–Kier alpha value is -2.63. The lowest BCUT2D eigenvalue weighted by molar-refractivity contribution is 0.309. The fraction of sp³-hybridized carbons (Fsp3) is 0.312. The van der Waals surface area contributed by atoms with Gasteiger partial charge in [0.25, 0.3) is 5.56 Å². The van der Waals surface area contributed by atoms with Crippen molar-refractivity contribution in [1.29, 1.82) is 0 Å². The first kappa shape index (κ1) is 15.8. The van der Waals surface area contributed by atoms with Crippen LogP contribution < -0.4 is 15.7 Å². The molecule has 0 unspecified atom stereocenters. The molecule has 0 spiro atoms. The van der Waals surface area contributed by atoms with Gasteiger partial charge in [0.05, 0.1) is 12.8 Å². The van der Waals surface area contributed by atoms with E-state index in [1.165, 1.54) is 6.07 Å². The Morgan fingerprint density at radius 3 is 2.82 bits per heavy atom. The summed E-state index contributed by atoms with van der Waals surface area (Å²) in [5, 5.41) is 4.05. The lowest BCUT2D eigenvalue weighted by Crippen LogP contribution is -2.10. The van der Waals surface area contributed by atoms with Gasteiger partial charge in [-0.2, -0.15) is 5.10 Å². The molecule has 6 heteroatoms. The zero-order valence-corrected chi connectivity index (χ0v) is 12.8. The number of rotatable bonds is 7. The summed E-state index contributed by atoms with van der Waals surface area (Å²) in [6.07, 6.45) is 3.82. The van der Waals surface area contributed by atoms with Crippen LogP contribution in [0.2, 0.25) is 0 Å². The third-order valence-electron chi connectivity index (χ3n) is 2.90. The maximum Gasteiger partial charge on any atom is 0.252 e. The molecule has 0 aliphatic carbocycles. The largest absolute Gasteiger partial charge is 0.494 e. The van der Waals surface area contributed by atoms with Gasteiger partial charge in [0, 0.05) is 11.8 Å². The third kappa shape index (κ3) is 5.05. The van der Waals surface area contributed by atoms with Crippen molar-refractivity contribution in [3.8, 4) is 5.75 Å². The molecule has 0 saturated carbocycles. The number of nitrogens with zero attached hydrogens (tertiary/aromatic N) is 2. The quantitative estimate of drug-likeness (QED) is 0.468. The number of anilines is 1. The number of aryl methyl sites for hydroxylation is 1. The second-order valence-corrected chi connectivity index (χ2v) is 4.88. The molecule has 1 aromatic heterocycles. The van der Waals surface area contributed by atoms with Gasteiger partial charge in [-0.25, -0.2) is 10.4 Å². The summed E-state index contributed by atoms with van der Waals surface area (Å²) in [5.74, 6) is 1.17. The molecule has 0 bridgehead atoms. The molecule has 116 valence electrons. The summed E-state index contributed by atoms with van der Waals surface area (Å²) in [4.78, 5) is 18.0. The van der Waals surface area contributed by atoms with Crippen LogP contribution in [-0.2, 0) is 0 Å². The SMILES string of the molecule is CCCCOc1ccc(/C=N\Nc2nc(C)cc(=O)[nH]2)cc1. The number of aromatic amines is 1. The Labute approximate surface area is 129 Å². The molecule has 2 rings (SSSR count). The number of nitrogens with one attached hydrogen (secondary N) is 2. The number of aromatic nitrogens is 2. The van der Waals surface area contributed by atoms with Crippen molar-refractivity contribution in [2.45, 2.75) is 26.7 Å². The number of hydrogen-bond acceptors (Lipinski definition) is 5. The van der Waals surface area contributed by atoms with Crippen molar-refractivity contribution in [2.24, 2.45) is 5.10 Å². The average molecular weight is 300 g/mol. The van der Waals surface area contributed by atoms with Crippen LogP contribution in [0.1, 0.15) is 31.0 Å². The number of H-pyrrole nitrogens is 1. The van der Waals surface area contributed by atoms with E-state index < -0.39 is 0 Å². The maximum atomic E-state index is 11.3. The molecular formula is C16H20N4O2. The minimum atomic E-state index is -0.209. The molecule has 2 aromatic rings. The highest BCUT2D eigenvalue weighted by Gasteiger charge is 1.96. The number of unbranched alkanes of at least 4 members (excludes halogenated alkanes) is 1. The van der Waals surface area contributed by atoms with Gasteiger partial charge in [-0.05, 0) is 43.2 Å². The van der Waals surface area contributed by atoms with Gasteiger partial charge < -0.3 is 4.74 Å². The van der Waals surface area contributed by atoms with Crippen molar-refractivity contribution in [3.63, 3.8) is 0 Å². The maximum absolute atomic E-state index is 11.3. The topological polar surface area (TPSA) is 79.4 Å². The first-order valence-electron chi connectivity index (χ1n) is 7.27. The zero-order chi connectivity index (χ0) is 15.8. The third-order valence-corrected chi connectivity index (χ3v) is 2.90. The molecule has 0 amide bonds. The molecule has 6 nitrogen and oxygen atoms in total. The molecule has 0 fully saturated rings. The molecule has 0 aliphatic heterocycles. The van der Waals surface area contributed by atoms with Gasteiger partial charge in [-0.1, -0.05) is 13.3 Å². The molecule has 22 heavy (non-hydrogen) atoms. The predicted octanol–water partition coefficient (Wildman–Crippen LogP) is 2.70. The van der Waals surface area contributed by atoms with Crippen molar-refractivity contribution < 1.29 is 4.74 Å². The minimum Gasteiger partial charge on any atom is -0.494 e. The molecular weight excluding hydrogens is 280 g/mol. The van der Waals surface area contributed by atoms with Crippen LogP contribution in [0.15, 0.2) is 40.2 Å². The zero-order valence-electron chi connectivity index (χ0n) is 12.8. The van der Waals surface area contributed by atoms with Crippen LogP contribution in [0, 0.1) is 6.92 Å². The first-order chi connectivity index (χ1) is 10.7. The van der Waals surface area contributed by atoms with Crippen LogP contribution in [0.25, 0.3) is 0 Å². The monoisotopic (exact) mass is 300 g/mol. The summed E-state index contributed by atoms with van der Waals surface area (Å²) in [6.45, 7) is 4.62. The fourth-order valence-corrected chi connectivity index (χ4v) is 1.78. The second kappa shape index (κ2) is 7.97. The molecule has 0 saturated heterocycles. The summed E-state index contributed by atoms with van der Waals surface area (Å²) < 4.78 is 5.59. The van der Waals surface area contributed by atoms with E-state index in [0.29, 0.717) is 11.6 Å². The normalized spacial score (nSPS) is 10.8.